The normalized spacial score (nSPS) is 20.3. The van der Waals surface area contributed by atoms with Crippen LogP contribution >= 0.6 is 0 Å². The molecule has 1 saturated carbocycles. The Morgan fingerprint density at radius 1 is 1.07 bits per heavy atom. The SMILES string of the molecule is C#Cc1cnc(C[C@H]2CC[C@H](C(C(=O)NCc3ccccc3)c3ccc(C4=CC(C)N=C4)cn3)CC2)nc1-n1cccn1. The average molecular weight is 570 g/mol. The van der Waals surface area contributed by atoms with E-state index in [9.17, 15) is 4.79 Å². The molecular formula is C35H35N7O. The van der Waals surface area contributed by atoms with Crippen LogP contribution in [-0.2, 0) is 17.8 Å². The van der Waals surface area contributed by atoms with Crippen LogP contribution in [0.15, 0.2) is 84.4 Å². The van der Waals surface area contributed by atoms with Crippen LogP contribution in [0.2, 0.25) is 0 Å². The summed E-state index contributed by atoms with van der Waals surface area (Å²) in [5, 5.41) is 7.50. The molecule has 6 rings (SSSR count). The minimum absolute atomic E-state index is 0.0277. The highest BCUT2D eigenvalue weighted by atomic mass is 16.1. The number of nitrogens with zero attached hydrogens (tertiary/aromatic N) is 6. The summed E-state index contributed by atoms with van der Waals surface area (Å²) < 4.78 is 1.69. The first-order valence-electron chi connectivity index (χ1n) is 14.9. The Hall–Kier alpha value is -4.90. The molecule has 1 N–H and O–H groups in total. The van der Waals surface area contributed by atoms with Gasteiger partial charge in [-0.1, -0.05) is 48.4 Å². The van der Waals surface area contributed by atoms with Gasteiger partial charge in [-0.3, -0.25) is 14.8 Å². The number of aliphatic imine (C=N–C) groups is 1. The monoisotopic (exact) mass is 569 g/mol. The Morgan fingerprint density at radius 3 is 2.58 bits per heavy atom. The molecule has 1 amide bonds. The van der Waals surface area contributed by atoms with Crippen molar-refractivity contribution in [1.82, 2.24) is 30.0 Å². The summed E-state index contributed by atoms with van der Waals surface area (Å²) in [6.45, 7) is 2.56. The Labute approximate surface area is 252 Å². The molecular weight excluding hydrogens is 534 g/mol. The molecule has 1 aliphatic heterocycles. The summed E-state index contributed by atoms with van der Waals surface area (Å²) in [6.07, 6.45) is 21.5. The van der Waals surface area contributed by atoms with E-state index in [1.54, 1.807) is 17.1 Å². The Kier molecular flexibility index (Phi) is 8.50. The van der Waals surface area contributed by atoms with Gasteiger partial charge in [-0.05, 0) is 67.7 Å². The van der Waals surface area contributed by atoms with Crippen molar-refractivity contribution in [2.24, 2.45) is 16.8 Å². The molecule has 0 spiro atoms. The highest BCUT2D eigenvalue weighted by molar-refractivity contribution is 6.11. The fourth-order valence-electron chi connectivity index (χ4n) is 6.12. The van der Waals surface area contributed by atoms with Gasteiger partial charge in [-0.2, -0.15) is 5.10 Å². The molecule has 8 heteroatoms. The zero-order valence-electron chi connectivity index (χ0n) is 24.3. The number of allylic oxidation sites excluding steroid dienone is 1. The smallest absolute Gasteiger partial charge is 0.229 e. The number of benzene rings is 1. The summed E-state index contributed by atoms with van der Waals surface area (Å²) in [5.41, 5.74) is 4.61. The number of rotatable bonds is 9. The molecule has 43 heavy (non-hydrogen) atoms. The molecule has 3 aromatic heterocycles. The van der Waals surface area contributed by atoms with Crippen LogP contribution in [0, 0.1) is 24.2 Å². The molecule has 2 atom stereocenters. The second-order valence-corrected chi connectivity index (χ2v) is 11.4. The summed E-state index contributed by atoms with van der Waals surface area (Å²) in [6, 6.07) is 16.1. The molecule has 1 aromatic carbocycles. The molecule has 0 bridgehead atoms. The van der Waals surface area contributed by atoms with E-state index in [0.29, 0.717) is 23.8 Å². The first-order chi connectivity index (χ1) is 21.1. The van der Waals surface area contributed by atoms with Crippen molar-refractivity contribution in [3.05, 3.63) is 108 Å². The number of pyridine rings is 1. The third kappa shape index (κ3) is 6.62. The zero-order chi connectivity index (χ0) is 29.6. The lowest BCUT2D eigenvalue weighted by Gasteiger charge is -2.33. The van der Waals surface area contributed by atoms with Crippen molar-refractivity contribution >= 4 is 17.7 Å². The number of carbonyl (C=O) groups is 1. The second kappa shape index (κ2) is 13.0. The van der Waals surface area contributed by atoms with Gasteiger partial charge in [0.25, 0.3) is 0 Å². The maximum atomic E-state index is 13.8. The second-order valence-electron chi connectivity index (χ2n) is 11.4. The molecule has 0 radical (unpaired) electrons. The van der Waals surface area contributed by atoms with Crippen LogP contribution in [-0.4, -0.2) is 42.9 Å². The Bertz CT molecular complexity index is 1640. The summed E-state index contributed by atoms with van der Waals surface area (Å²) in [7, 11) is 0. The predicted molar refractivity (Wildman–Crippen MR) is 167 cm³/mol. The maximum absolute atomic E-state index is 13.8. The van der Waals surface area contributed by atoms with E-state index < -0.39 is 0 Å². The minimum Gasteiger partial charge on any atom is -0.351 e. The highest BCUT2D eigenvalue weighted by Crippen LogP contribution is 2.39. The first kappa shape index (κ1) is 28.2. The third-order valence-corrected chi connectivity index (χ3v) is 8.43. The van der Waals surface area contributed by atoms with Crippen LogP contribution in [0.1, 0.15) is 66.7 Å². The van der Waals surface area contributed by atoms with Crippen LogP contribution in [0.4, 0.5) is 0 Å². The van der Waals surface area contributed by atoms with Crippen LogP contribution in [0.5, 0.6) is 0 Å². The largest absolute Gasteiger partial charge is 0.351 e. The standard InChI is InChI=1S/C35H35N7O/c1-3-27-21-38-32(41-34(27)42-17-7-16-40-42)19-25-10-12-28(13-11-25)33(35(43)39-20-26-8-5-4-6-9-26)31-15-14-29(22-37-31)30-18-24(2)36-23-30/h1,4-9,14-18,21-25,28,33H,10-13,19-20H2,2H3,(H,39,43)/t24?,25-,28-,33?. The molecule has 216 valence electrons. The molecule has 1 fully saturated rings. The lowest BCUT2D eigenvalue weighted by molar-refractivity contribution is -0.124. The van der Waals surface area contributed by atoms with Crippen LogP contribution in [0.25, 0.3) is 11.4 Å². The number of hydrogen-bond donors (Lipinski definition) is 1. The third-order valence-electron chi connectivity index (χ3n) is 8.43. The summed E-state index contributed by atoms with van der Waals surface area (Å²) in [4.78, 5) is 32.4. The molecule has 1 aliphatic carbocycles. The lowest BCUT2D eigenvalue weighted by Crippen LogP contribution is -2.35. The Morgan fingerprint density at radius 2 is 1.91 bits per heavy atom. The van der Waals surface area contributed by atoms with Gasteiger partial charge in [0.15, 0.2) is 5.82 Å². The number of hydrogen-bond acceptors (Lipinski definition) is 6. The average Bonchev–Trinajstić information content (AvgIpc) is 3.74. The number of amides is 1. The van der Waals surface area contributed by atoms with E-state index in [0.717, 1.165) is 60.3 Å². The summed E-state index contributed by atoms with van der Waals surface area (Å²) >= 11 is 0. The Balaban J connectivity index is 1.16. The van der Waals surface area contributed by atoms with Gasteiger partial charge in [-0.25, -0.2) is 14.6 Å². The fraction of sp³-hybridized carbons (Fsp3) is 0.314. The summed E-state index contributed by atoms with van der Waals surface area (Å²) in [5.74, 6) is 4.39. The predicted octanol–water partition coefficient (Wildman–Crippen LogP) is 5.34. The van der Waals surface area contributed by atoms with Gasteiger partial charge in [0, 0.05) is 49.5 Å². The molecule has 2 aliphatic rings. The van der Waals surface area contributed by atoms with E-state index in [2.05, 4.69) is 45.4 Å². The van der Waals surface area contributed by atoms with Gasteiger partial charge in [0.1, 0.15) is 5.82 Å². The number of terminal acetylenes is 1. The van der Waals surface area contributed by atoms with Crippen molar-refractivity contribution in [2.75, 3.05) is 0 Å². The fourth-order valence-corrected chi connectivity index (χ4v) is 6.12. The van der Waals surface area contributed by atoms with Gasteiger partial charge >= 0.3 is 0 Å². The van der Waals surface area contributed by atoms with E-state index in [1.165, 1.54) is 0 Å². The van der Waals surface area contributed by atoms with Crippen molar-refractivity contribution in [3.63, 3.8) is 0 Å². The molecule has 4 heterocycles. The van der Waals surface area contributed by atoms with Crippen molar-refractivity contribution in [2.45, 2.75) is 57.5 Å². The topological polar surface area (TPSA) is 98.0 Å². The number of carbonyl (C=O) groups excluding carboxylic acids is 1. The highest BCUT2D eigenvalue weighted by Gasteiger charge is 2.34. The molecule has 0 saturated heterocycles. The van der Waals surface area contributed by atoms with Crippen LogP contribution < -0.4 is 5.32 Å². The molecule has 2 unspecified atom stereocenters. The number of nitrogens with one attached hydrogen (secondary N) is 1. The van der Waals surface area contributed by atoms with Gasteiger partial charge in [0.05, 0.1) is 23.2 Å². The van der Waals surface area contributed by atoms with E-state index in [4.69, 9.17) is 16.4 Å². The van der Waals surface area contributed by atoms with Crippen LogP contribution in [0.3, 0.4) is 0 Å². The van der Waals surface area contributed by atoms with E-state index >= 15 is 0 Å². The van der Waals surface area contributed by atoms with Crippen molar-refractivity contribution < 1.29 is 4.79 Å². The lowest BCUT2D eigenvalue weighted by atomic mass is 9.73. The van der Waals surface area contributed by atoms with Gasteiger partial charge in [0.2, 0.25) is 5.91 Å². The van der Waals surface area contributed by atoms with E-state index in [1.807, 2.05) is 61.1 Å². The number of aromatic nitrogens is 5. The quantitative estimate of drug-likeness (QED) is 0.274. The van der Waals surface area contributed by atoms with Gasteiger partial charge < -0.3 is 5.32 Å². The first-order valence-corrected chi connectivity index (χ1v) is 14.9. The van der Waals surface area contributed by atoms with E-state index in [-0.39, 0.29) is 23.8 Å². The van der Waals surface area contributed by atoms with Crippen molar-refractivity contribution in [3.8, 4) is 18.2 Å². The minimum atomic E-state index is -0.318. The molecule has 4 aromatic rings. The van der Waals surface area contributed by atoms with Crippen molar-refractivity contribution in [1.29, 1.82) is 0 Å². The maximum Gasteiger partial charge on any atom is 0.229 e. The zero-order valence-corrected chi connectivity index (χ0v) is 24.3. The van der Waals surface area contributed by atoms with Gasteiger partial charge in [-0.15, -0.1) is 6.42 Å². The molecule has 8 nitrogen and oxygen atoms in total.